The van der Waals surface area contributed by atoms with E-state index in [1.165, 1.54) is 70.5 Å². The first kappa shape index (κ1) is 79.2. The number of fused-ring (bicyclic) bond motifs is 21. The highest BCUT2D eigenvalue weighted by Gasteiger charge is 2.32. The van der Waals surface area contributed by atoms with Crippen LogP contribution in [0.4, 0.5) is 0 Å². The van der Waals surface area contributed by atoms with Crippen LogP contribution in [0.3, 0.4) is 0 Å². The summed E-state index contributed by atoms with van der Waals surface area (Å²) in [5, 5.41) is 16.4. The zero-order valence-corrected chi connectivity index (χ0v) is 76.9. The molecule has 22 aromatic carbocycles. The van der Waals surface area contributed by atoms with Crippen LogP contribution in [0.5, 0.6) is 0 Å². The summed E-state index contributed by atoms with van der Waals surface area (Å²) in [5.41, 5.74) is 40.1. The molecule has 0 fully saturated rings. The summed E-state index contributed by atoms with van der Waals surface area (Å²) in [4.78, 5) is 12.4. The van der Waals surface area contributed by atoms with Crippen LogP contribution in [0.2, 0.25) is 0 Å². The Bertz CT molecular complexity index is 9460. The van der Waals surface area contributed by atoms with Crippen molar-refractivity contribution in [1.82, 2.24) is 37.4 Å². The van der Waals surface area contributed by atoms with Crippen molar-refractivity contribution in [2.24, 2.45) is 0 Å². The molecule has 0 radical (unpaired) electrons. The largest absolute Gasteiger partial charge is 0.309 e. The Hall–Kier alpha value is -19.0. The summed E-state index contributed by atoms with van der Waals surface area (Å²) in [6.07, 6.45) is 0. The molecule has 8 nitrogen and oxygen atoms in total. The second kappa shape index (κ2) is 31.3. The van der Waals surface area contributed by atoms with Gasteiger partial charge in [0, 0.05) is 121 Å². The maximum atomic E-state index is 6.25. The number of para-hydroxylation sites is 8. The molecule has 0 spiro atoms. The van der Waals surface area contributed by atoms with E-state index in [2.05, 4.69) is 525 Å². The molecule has 0 unspecified atom stereocenters. The van der Waals surface area contributed by atoms with Crippen LogP contribution in [0.1, 0.15) is 0 Å². The number of aromatic nitrogens is 8. The van der Waals surface area contributed by atoms with Crippen LogP contribution in [0, 0.1) is 0 Å². The van der Waals surface area contributed by atoms with Crippen molar-refractivity contribution in [3.05, 3.63) is 497 Å². The fraction of sp³-hybridized carbons (Fsp3) is 0. The van der Waals surface area contributed by atoms with Gasteiger partial charge in [0.05, 0.1) is 77.6 Å². The molecular formula is C134H82N8. The summed E-state index contributed by atoms with van der Waals surface area (Å²) in [6, 6.07) is 185. The van der Waals surface area contributed by atoms with Gasteiger partial charge in [0.1, 0.15) is 0 Å². The summed E-state index contributed by atoms with van der Waals surface area (Å²) in [5.74, 6) is 0.600. The molecule has 0 bridgehead atoms. The van der Waals surface area contributed by atoms with E-state index in [0.717, 1.165) is 211 Å². The molecule has 8 heteroatoms. The van der Waals surface area contributed by atoms with Crippen LogP contribution in [-0.4, -0.2) is 37.4 Å². The molecule has 29 aromatic rings. The zero-order valence-electron chi connectivity index (χ0n) is 76.9. The van der Waals surface area contributed by atoms with Gasteiger partial charge in [-0.05, 0) is 277 Å². The monoisotopic (exact) mass is 1800 g/mol. The molecule has 0 N–H and O–H groups in total. The van der Waals surface area contributed by atoms with Crippen LogP contribution in [0.15, 0.2) is 497 Å². The molecule has 0 saturated carbocycles. The third-order valence-electron chi connectivity index (χ3n) is 30.1. The molecule has 1 aliphatic rings. The lowest BCUT2D eigenvalue weighted by atomic mass is 9.90. The van der Waals surface area contributed by atoms with E-state index in [0.29, 0.717) is 5.82 Å². The van der Waals surface area contributed by atoms with Crippen molar-refractivity contribution in [2.45, 2.75) is 0 Å². The van der Waals surface area contributed by atoms with Crippen molar-refractivity contribution in [1.29, 1.82) is 0 Å². The van der Waals surface area contributed by atoms with Crippen LogP contribution in [-0.2, 0) is 0 Å². The molecule has 0 saturated heterocycles. The smallest absolute Gasteiger partial charge is 0.160 e. The molecule has 0 atom stereocenters. The summed E-state index contributed by atoms with van der Waals surface area (Å²) >= 11 is 0. The Morgan fingerprint density at radius 2 is 0.387 bits per heavy atom. The van der Waals surface area contributed by atoms with Gasteiger partial charge in [-0.15, -0.1) is 0 Å². The van der Waals surface area contributed by atoms with Gasteiger partial charge in [-0.3, -0.25) is 0 Å². The lowest BCUT2D eigenvalue weighted by Crippen LogP contribution is -2.03. The van der Waals surface area contributed by atoms with Crippen LogP contribution >= 0.6 is 0 Å². The summed E-state index contributed by atoms with van der Waals surface area (Å²) < 4.78 is 14.7. The predicted molar refractivity (Wildman–Crippen MR) is 593 cm³/mol. The van der Waals surface area contributed by atoms with Crippen molar-refractivity contribution in [3.8, 4) is 146 Å². The molecule has 7 heterocycles. The Kier molecular flexibility index (Phi) is 17.4. The maximum absolute atomic E-state index is 6.25. The van der Waals surface area contributed by atoms with Gasteiger partial charge in [-0.2, -0.15) is 0 Å². The molecule has 7 aromatic heterocycles. The van der Waals surface area contributed by atoms with E-state index in [1.54, 1.807) is 0 Å². The third-order valence-corrected chi connectivity index (χ3v) is 30.1. The van der Waals surface area contributed by atoms with Gasteiger partial charge in [-0.25, -0.2) is 9.97 Å². The van der Waals surface area contributed by atoms with Crippen molar-refractivity contribution >= 4 is 142 Å². The summed E-state index contributed by atoms with van der Waals surface area (Å²) in [7, 11) is 0. The fourth-order valence-electron chi connectivity index (χ4n) is 23.7. The molecule has 658 valence electrons. The maximum Gasteiger partial charge on any atom is 0.160 e. The van der Waals surface area contributed by atoms with Crippen molar-refractivity contribution < 1.29 is 0 Å². The van der Waals surface area contributed by atoms with E-state index in [-0.39, 0.29) is 0 Å². The minimum atomic E-state index is 0.600. The molecule has 142 heavy (non-hydrogen) atoms. The van der Waals surface area contributed by atoms with E-state index in [4.69, 9.17) is 9.97 Å². The molecule has 0 aliphatic heterocycles. The third kappa shape index (κ3) is 12.2. The Morgan fingerprint density at radius 3 is 0.718 bits per heavy atom. The first-order chi connectivity index (χ1) is 70.4. The van der Waals surface area contributed by atoms with Crippen LogP contribution < -0.4 is 0 Å². The molecule has 30 rings (SSSR count). The standard InChI is InChI=1S/C134H82N8/c1-7-29-83(30-8-1)86-53-62-102(84-31-9-2-10-32-84)117(81-86)133-131-107-47-27-33-85-34-28-48-108(130(85)107)132(131)135-134(136-133)95-71-100(141-126-67-58-91(87-54-63-122-109(73-87)103-43-19-23-49-118(103)137(122)96-35-11-3-12-36-96)77-113(126)114-78-92(59-68-127(114)141)88-55-64-123-110(74-88)104-44-20-24-50-119(104)138(123)97-37-13-4-14-38-97)82-101(72-95)142-128-69-60-93(89-56-65-124-111(75-89)105-45-21-25-51-120(105)139(124)98-39-15-5-16-40-98)79-115(128)116-80-94(61-70-129(116)142)90-57-66-125-112(76-90)106-46-22-26-52-121(106)140(125)99-41-17-6-18-42-99/h1-82H. The first-order valence-corrected chi connectivity index (χ1v) is 48.8. The second-order valence-electron chi connectivity index (χ2n) is 37.8. The first-order valence-electron chi connectivity index (χ1n) is 48.8. The zero-order chi connectivity index (χ0) is 92.9. The Morgan fingerprint density at radius 1 is 0.134 bits per heavy atom. The van der Waals surface area contributed by atoms with E-state index < -0.39 is 0 Å². The van der Waals surface area contributed by atoms with Gasteiger partial charge in [0.15, 0.2) is 5.82 Å². The highest BCUT2D eigenvalue weighted by Crippen LogP contribution is 2.54. The number of rotatable bonds is 14. The van der Waals surface area contributed by atoms with Gasteiger partial charge in [-0.1, -0.05) is 303 Å². The predicted octanol–water partition coefficient (Wildman–Crippen LogP) is 35.2. The fourth-order valence-corrected chi connectivity index (χ4v) is 23.7. The van der Waals surface area contributed by atoms with Crippen molar-refractivity contribution in [3.63, 3.8) is 0 Å². The highest BCUT2D eigenvalue weighted by molar-refractivity contribution is 6.21. The number of benzene rings is 22. The normalized spacial score (nSPS) is 12.1. The van der Waals surface area contributed by atoms with Gasteiger partial charge in [0.2, 0.25) is 0 Å². The minimum Gasteiger partial charge on any atom is -0.309 e. The number of nitrogens with zero attached hydrogens (tertiary/aromatic N) is 8. The van der Waals surface area contributed by atoms with Crippen LogP contribution in [0.25, 0.3) is 288 Å². The SMILES string of the molecule is c1ccc(-c2ccc(-c3ccccc3)c(-c3nc(-c4cc(-n5c6ccc(-c7ccc8c(c7)c7ccccc7n8-c7ccccc7)cc6c6cc(-c7ccc8c(c7)c7ccccc7n8-c7ccccc7)ccc65)cc(-n5c6ccc(-c7ccc8c(c7)c7ccccc7n8-c7ccccc7)cc6c6cc(-c7ccc8c(c7)c7ccccc7n8-c7ccccc7)ccc65)c4)nc4c3-c3cccc5cccc-4c35)c2)cc1. The van der Waals surface area contributed by atoms with Gasteiger partial charge >= 0.3 is 0 Å². The average Bonchev–Trinajstić information content (AvgIpc) is 1.55. The Labute approximate surface area is 816 Å². The Balaban J connectivity index is 0.691. The van der Waals surface area contributed by atoms with Gasteiger partial charge < -0.3 is 27.4 Å². The summed E-state index contributed by atoms with van der Waals surface area (Å²) in [6.45, 7) is 0. The van der Waals surface area contributed by atoms with E-state index in [1.807, 2.05) is 0 Å². The topological polar surface area (TPSA) is 55.4 Å². The lowest BCUT2D eigenvalue weighted by molar-refractivity contribution is 1.12. The van der Waals surface area contributed by atoms with Gasteiger partial charge in [0.25, 0.3) is 0 Å². The van der Waals surface area contributed by atoms with E-state index >= 15 is 0 Å². The van der Waals surface area contributed by atoms with E-state index in [9.17, 15) is 0 Å². The lowest BCUT2D eigenvalue weighted by Gasteiger charge is -2.19. The number of hydrogen-bond acceptors (Lipinski definition) is 2. The average molecular weight is 1800 g/mol. The second-order valence-corrected chi connectivity index (χ2v) is 37.8. The number of hydrogen-bond donors (Lipinski definition) is 0. The highest BCUT2D eigenvalue weighted by atomic mass is 15.0. The molecule has 0 amide bonds. The quantitative estimate of drug-likeness (QED) is 0.109. The molecular weight excluding hydrogens is 1720 g/mol. The van der Waals surface area contributed by atoms with Crippen molar-refractivity contribution in [2.75, 3.05) is 0 Å². The molecule has 1 aliphatic carbocycles. The minimum absolute atomic E-state index is 0.600.